The Balaban J connectivity index is 1.76. The van der Waals surface area contributed by atoms with Gasteiger partial charge in [-0.1, -0.05) is 48.7 Å². The van der Waals surface area contributed by atoms with Gasteiger partial charge in [0.05, 0.1) is 28.4 Å². The van der Waals surface area contributed by atoms with Gasteiger partial charge in [-0.2, -0.15) is 18.3 Å². The van der Waals surface area contributed by atoms with E-state index in [1.807, 2.05) is 56.2 Å². The van der Waals surface area contributed by atoms with Gasteiger partial charge in [0.1, 0.15) is 0 Å². The molecular formula is C27H30ClF3N4O. The second-order valence-corrected chi connectivity index (χ2v) is 9.86. The Morgan fingerprint density at radius 3 is 2.47 bits per heavy atom. The number of halogens is 4. The van der Waals surface area contributed by atoms with Gasteiger partial charge in [-0.3, -0.25) is 9.48 Å². The predicted molar refractivity (Wildman–Crippen MR) is 135 cm³/mol. The average Bonchev–Trinajstić information content (AvgIpc) is 3.52. The highest BCUT2D eigenvalue weighted by Crippen LogP contribution is 2.44. The minimum absolute atomic E-state index is 0.191. The summed E-state index contributed by atoms with van der Waals surface area (Å²) in [5.74, 6) is -0.631. The fourth-order valence-electron chi connectivity index (χ4n) is 5.23. The van der Waals surface area contributed by atoms with E-state index in [4.69, 9.17) is 11.6 Å². The summed E-state index contributed by atoms with van der Waals surface area (Å²) in [5.41, 5.74) is 1.18. The number of carbonyl (C=O) groups excluding carboxylic acids is 1. The van der Waals surface area contributed by atoms with Crippen molar-refractivity contribution in [2.75, 3.05) is 14.1 Å². The summed E-state index contributed by atoms with van der Waals surface area (Å²) < 4.78 is 42.1. The number of aryl methyl sites for hydroxylation is 1. The number of rotatable bonds is 7. The maximum atomic E-state index is 13.5. The number of aromatic nitrogens is 2. The third kappa shape index (κ3) is 5.02. The van der Waals surface area contributed by atoms with Crippen molar-refractivity contribution in [2.24, 2.45) is 0 Å². The van der Waals surface area contributed by atoms with Crippen molar-refractivity contribution in [2.45, 2.75) is 56.9 Å². The first-order valence-electron chi connectivity index (χ1n) is 12.0. The van der Waals surface area contributed by atoms with Crippen molar-refractivity contribution in [3.05, 3.63) is 76.6 Å². The minimum atomic E-state index is -4.65. The number of alkyl halides is 3. The van der Waals surface area contributed by atoms with Gasteiger partial charge in [0, 0.05) is 23.8 Å². The van der Waals surface area contributed by atoms with Crippen molar-refractivity contribution in [3.8, 4) is 11.1 Å². The van der Waals surface area contributed by atoms with Crippen LogP contribution in [0.15, 0.2) is 54.9 Å². The summed E-state index contributed by atoms with van der Waals surface area (Å²) >= 11 is 6.10. The van der Waals surface area contributed by atoms with Crippen LogP contribution in [0, 0.1) is 0 Å². The molecule has 1 fully saturated rings. The van der Waals surface area contributed by atoms with Crippen LogP contribution in [0.3, 0.4) is 0 Å². The first-order valence-corrected chi connectivity index (χ1v) is 12.4. The van der Waals surface area contributed by atoms with Gasteiger partial charge >= 0.3 is 6.18 Å². The summed E-state index contributed by atoms with van der Waals surface area (Å²) in [6, 6.07) is 10.9. The molecule has 3 aromatic rings. The molecule has 2 aromatic carbocycles. The van der Waals surface area contributed by atoms with Gasteiger partial charge < -0.3 is 10.2 Å². The van der Waals surface area contributed by atoms with Crippen molar-refractivity contribution in [1.82, 2.24) is 20.0 Å². The maximum absolute atomic E-state index is 13.5. The molecule has 0 spiro atoms. The molecule has 0 saturated heterocycles. The fourth-order valence-corrected chi connectivity index (χ4v) is 5.55. The standard InChI is InChI=1S/C27H30ClF3N4O/c1-4-35-17-20(16-32-35)18-9-7-10-19(15-18)24(26(34(2)3)13-5-6-14-26)33-25(36)21-11-8-12-22(23(21)28)27(29,30)31/h7-12,15-17,24H,4-6,13-14H2,1-3H3,(H,33,36)/t24-/m0/s1. The van der Waals surface area contributed by atoms with Crippen LogP contribution in [0.4, 0.5) is 13.2 Å². The second-order valence-electron chi connectivity index (χ2n) is 9.49. The van der Waals surface area contributed by atoms with Gasteiger partial charge in [0.25, 0.3) is 5.91 Å². The molecule has 5 nitrogen and oxygen atoms in total. The smallest absolute Gasteiger partial charge is 0.343 e. The van der Waals surface area contributed by atoms with Crippen LogP contribution in [0.1, 0.15) is 60.1 Å². The van der Waals surface area contributed by atoms with E-state index in [2.05, 4.69) is 15.3 Å². The van der Waals surface area contributed by atoms with E-state index in [-0.39, 0.29) is 5.56 Å². The molecule has 4 rings (SSSR count). The summed E-state index contributed by atoms with van der Waals surface area (Å²) in [6.45, 7) is 2.76. The molecule has 36 heavy (non-hydrogen) atoms. The van der Waals surface area contributed by atoms with Crippen LogP contribution in [0.25, 0.3) is 11.1 Å². The first-order chi connectivity index (χ1) is 17.1. The normalized spacial score (nSPS) is 16.3. The zero-order valence-corrected chi connectivity index (χ0v) is 21.3. The fraction of sp³-hybridized carbons (Fsp3) is 0.407. The van der Waals surface area contributed by atoms with Crippen molar-refractivity contribution in [3.63, 3.8) is 0 Å². The Bertz CT molecular complexity index is 1230. The highest BCUT2D eigenvalue weighted by Gasteiger charge is 2.45. The number of hydrogen-bond acceptors (Lipinski definition) is 3. The van der Waals surface area contributed by atoms with Crippen LogP contribution >= 0.6 is 11.6 Å². The van der Waals surface area contributed by atoms with Crippen LogP contribution in [0.2, 0.25) is 5.02 Å². The molecule has 1 N–H and O–H groups in total. The highest BCUT2D eigenvalue weighted by molar-refractivity contribution is 6.34. The molecule has 1 saturated carbocycles. The number of nitrogens with one attached hydrogen (secondary N) is 1. The van der Waals surface area contributed by atoms with E-state index in [0.717, 1.165) is 55.0 Å². The predicted octanol–water partition coefficient (Wildman–Crippen LogP) is 6.59. The summed E-state index contributed by atoms with van der Waals surface area (Å²) in [5, 5.41) is 6.85. The van der Waals surface area contributed by atoms with E-state index in [1.165, 1.54) is 12.1 Å². The van der Waals surface area contributed by atoms with Crippen LogP contribution in [-0.2, 0) is 12.7 Å². The highest BCUT2D eigenvalue weighted by atomic mass is 35.5. The van der Waals surface area contributed by atoms with Crippen LogP contribution in [0.5, 0.6) is 0 Å². The monoisotopic (exact) mass is 518 g/mol. The minimum Gasteiger partial charge on any atom is -0.343 e. The van der Waals surface area contributed by atoms with Gasteiger partial charge in [-0.05, 0) is 63.2 Å². The third-order valence-corrected chi connectivity index (χ3v) is 7.64. The number of amides is 1. The molecular weight excluding hydrogens is 489 g/mol. The Kier molecular flexibility index (Phi) is 7.48. The van der Waals surface area contributed by atoms with E-state index >= 15 is 0 Å². The van der Waals surface area contributed by atoms with E-state index in [9.17, 15) is 18.0 Å². The number of carbonyl (C=O) groups is 1. The zero-order chi connectivity index (χ0) is 26.1. The molecule has 0 bridgehead atoms. The van der Waals surface area contributed by atoms with Crippen molar-refractivity contribution < 1.29 is 18.0 Å². The molecule has 0 aliphatic heterocycles. The largest absolute Gasteiger partial charge is 0.417 e. The zero-order valence-electron chi connectivity index (χ0n) is 20.6. The molecule has 1 aliphatic carbocycles. The summed E-state index contributed by atoms with van der Waals surface area (Å²) in [4.78, 5) is 15.6. The Labute approximate surface area is 214 Å². The molecule has 1 atom stereocenters. The second kappa shape index (κ2) is 10.3. The Morgan fingerprint density at radius 1 is 1.17 bits per heavy atom. The van der Waals surface area contributed by atoms with E-state index < -0.39 is 34.3 Å². The molecule has 1 aromatic heterocycles. The number of likely N-dealkylation sites (N-methyl/N-ethyl adjacent to an activating group) is 1. The quantitative estimate of drug-likeness (QED) is 0.384. The molecule has 192 valence electrons. The lowest BCUT2D eigenvalue weighted by molar-refractivity contribution is -0.137. The topological polar surface area (TPSA) is 50.2 Å². The Morgan fingerprint density at radius 2 is 1.86 bits per heavy atom. The molecule has 0 unspecified atom stereocenters. The van der Waals surface area contributed by atoms with Gasteiger partial charge in [0.15, 0.2) is 0 Å². The number of hydrogen-bond donors (Lipinski definition) is 1. The lowest BCUT2D eigenvalue weighted by Gasteiger charge is -2.44. The Hall–Kier alpha value is -2.84. The van der Waals surface area contributed by atoms with Crippen LogP contribution < -0.4 is 5.32 Å². The molecule has 9 heteroatoms. The lowest BCUT2D eigenvalue weighted by atomic mass is 9.81. The summed E-state index contributed by atoms with van der Waals surface area (Å²) in [7, 11) is 3.97. The third-order valence-electron chi connectivity index (χ3n) is 7.23. The SMILES string of the molecule is CCn1cc(-c2cccc([C@H](NC(=O)c3cccc(C(F)(F)F)c3Cl)C3(N(C)C)CCCC3)c2)cn1. The number of nitrogens with zero attached hydrogens (tertiary/aromatic N) is 3. The van der Waals surface area contributed by atoms with Crippen LogP contribution in [-0.4, -0.2) is 40.2 Å². The van der Waals surface area contributed by atoms with Gasteiger partial charge in [0.2, 0.25) is 0 Å². The van der Waals surface area contributed by atoms with Crippen molar-refractivity contribution >= 4 is 17.5 Å². The van der Waals surface area contributed by atoms with E-state index in [1.54, 1.807) is 6.20 Å². The lowest BCUT2D eigenvalue weighted by Crippen LogP contribution is -2.53. The average molecular weight is 519 g/mol. The van der Waals surface area contributed by atoms with Gasteiger partial charge in [-0.25, -0.2) is 0 Å². The van der Waals surface area contributed by atoms with Gasteiger partial charge in [-0.15, -0.1) is 0 Å². The molecule has 1 amide bonds. The number of benzene rings is 2. The summed E-state index contributed by atoms with van der Waals surface area (Å²) in [6.07, 6.45) is 2.80. The first kappa shape index (κ1) is 26.2. The molecule has 1 heterocycles. The molecule has 1 aliphatic rings. The van der Waals surface area contributed by atoms with E-state index in [0.29, 0.717) is 0 Å². The maximum Gasteiger partial charge on any atom is 0.417 e. The van der Waals surface area contributed by atoms with Crippen molar-refractivity contribution in [1.29, 1.82) is 0 Å². The molecule has 0 radical (unpaired) electrons.